The second-order valence-corrected chi connectivity index (χ2v) is 11.0. The maximum Gasteiger partial charge on any atom is 0.306 e. The summed E-state index contributed by atoms with van der Waals surface area (Å²) in [5.41, 5.74) is 2.80. The zero-order valence-electron chi connectivity index (χ0n) is 20.9. The minimum atomic E-state index is -0.0420. The first-order valence-electron chi connectivity index (χ1n) is 13.2. The van der Waals surface area contributed by atoms with Gasteiger partial charge in [0.1, 0.15) is 6.10 Å². The average Bonchev–Trinajstić information content (AvgIpc) is 3.38. The molecule has 3 aliphatic carbocycles. The number of rotatable bonds is 8. The van der Waals surface area contributed by atoms with Crippen LogP contribution in [0.5, 0.6) is 0 Å². The molecule has 2 bridgehead atoms. The van der Waals surface area contributed by atoms with Gasteiger partial charge in [0.15, 0.2) is 0 Å². The van der Waals surface area contributed by atoms with Crippen molar-refractivity contribution >= 4 is 5.97 Å². The molecule has 4 aliphatic rings. The van der Waals surface area contributed by atoms with E-state index in [-0.39, 0.29) is 17.6 Å². The van der Waals surface area contributed by atoms with E-state index in [4.69, 9.17) is 4.74 Å². The maximum absolute atomic E-state index is 13.1. The van der Waals surface area contributed by atoms with E-state index in [1.165, 1.54) is 37.1 Å². The summed E-state index contributed by atoms with van der Waals surface area (Å²) in [5, 5.41) is 0. The van der Waals surface area contributed by atoms with E-state index < -0.39 is 0 Å². The van der Waals surface area contributed by atoms with Gasteiger partial charge in [0.05, 0.1) is 0 Å². The Balaban J connectivity index is 1.40. The van der Waals surface area contributed by atoms with Gasteiger partial charge in [-0.15, -0.1) is 0 Å². The first-order chi connectivity index (χ1) is 16.6. The van der Waals surface area contributed by atoms with E-state index in [0.29, 0.717) is 24.2 Å². The predicted molar refractivity (Wildman–Crippen MR) is 137 cm³/mol. The number of nitrogens with zero attached hydrogens (tertiary/aromatic N) is 2. The van der Waals surface area contributed by atoms with Crippen molar-refractivity contribution in [1.82, 2.24) is 9.80 Å². The lowest BCUT2D eigenvalue weighted by atomic mass is 9.52. The fourth-order valence-corrected chi connectivity index (χ4v) is 7.08. The van der Waals surface area contributed by atoms with Gasteiger partial charge in [-0.2, -0.15) is 0 Å². The zero-order chi connectivity index (χ0) is 23.5. The molecular formula is C30H40N2O2. The molecule has 2 aromatic carbocycles. The monoisotopic (exact) mass is 460 g/mol. The van der Waals surface area contributed by atoms with Gasteiger partial charge in [0.2, 0.25) is 0 Å². The molecule has 182 valence electrons. The molecule has 6 rings (SSSR count). The van der Waals surface area contributed by atoms with Crippen molar-refractivity contribution in [3.8, 4) is 0 Å². The van der Waals surface area contributed by atoms with Gasteiger partial charge in [-0.05, 0) is 88.8 Å². The molecule has 4 nitrogen and oxygen atoms in total. The quantitative estimate of drug-likeness (QED) is 0.490. The number of hydrogen-bond donors (Lipinski definition) is 0. The van der Waals surface area contributed by atoms with Crippen molar-refractivity contribution in [3.05, 3.63) is 71.8 Å². The molecule has 1 saturated heterocycles. The Morgan fingerprint density at radius 1 is 0.912 bits per heavy atom. The van der Waals surface area contributed by atoms with E-state index in [0.717, 1.165) is 32.2 Å². The highest BCUT2D eigenvalue weighted by Crippen LogP contribution is 2.60. The van der Waals surface area contributed by atoms with Crippen molar-refractivity contribution in [3.63, 3.8) is 0 Å². The highest BCUT2D eigenvalue weighted by atomic mass is 16.5. The van der Waals surface area contributed by atoms with Crippen LogP contribution in [0, 0.1) is 5.92 Å². The Hall–Kier alpha value is -2.17. The number of benzene rings is 2. The summed E-state index contributed by atoms with van der Waals surface area (Å²) in [6.45, 7) is 3.38. The summed E-state index contributed by atoms with van der Waals surface area (Å²) in [5.74, 6) is 1.08. The van der Waals surface area contributed by atoms with Crippen LogP contribution in [-0.4, -0.2) is 61.1 Å². The number of carbonyl (C=O) groups excluding carboxylic acids is 1. The molecule has 1 heterocycles. The minimum Gasteiger partial charge on any atom is -0.462 e. The van der Waals surface area contributed by atoms with E-state index in [1.807, 2.05) is 0 Å². The van der Waals surface area contributed by atoms with E-state index >= 15 is 0 Å². The van der Waals surface area contributed by atoms with Crippen molar-refractivity contribution in [2.45, 2.75) is 68.4 Å². The standard InChI is InChI=1S/C30H40N2O2/c1-31(2)30-20-25(23-12-5-3-6-13-23)29(26(21-30)24-14-7-4-8-15-24)27(22-30)34-28(33)16-11-19-32-17-9-10-18-32/h3-8,12-15,25-27,29H,9-11,16-22H2,1-2H3. The SMILES string of the molecule is CN(C)C12CC(OC(=O)CCCN3CCCC3)C(C(c3ccccc3)C1)C(c1ccccc1)C2. The third-order valence-electron chi connectivity index (χ3n) is 8.88. The second-order valence-electron chi connectivity index (χ2n) is 11.0. The maximum atomic E-state index is 13.1. The molecule has 0 amide bonds. The van der Waals surface area contributed by atoms with Crippen LogP contribution in [-0.2, 0) is 9.53 Å². The smallest absolute Gasteiger partial charge is 0.306 e. The lowest BCUT2D eigenvalue weighted by molar-refractivity contribution is -0.167. The summed E-state index contributed by atoms with van der Waals surface area (Å²) in [6, 6.07) is 21.9. The molecule has 1 aliphatic heterocycles. The normalized spacial score (nSPS) is 31.1. The van der Waals surface area contributed by atoms with Gasteiger partial charge in [-0.25, -0.2) is 0 Å². The van der Waals surface area contributed by atoms with Crippen LogP contribution < -0.4 is 0 Å². The fraction of sp³-hybridized carbons (Fsp3) is 0.567. The van der Waals surface area contributed by atoms with E-state index in [1.54, 1.807) is 0 Å². The number of hydrogen-bond acceptors (Lipinski definition) is 4. The number of likely N-dealkylation sites (tertiary alicyclic amines) is 1. The first-order valence-corrected chi connectivity index (χ1v) is 13.2. The summed E-state index contributed by atoms with van der Waals surface area (Å²) >= 11 is 0. The minimum absolute atomic E-state index is 0.00993. The predicted octanol–water partition coefficient (Wildman–Crippen LogP) is 5.46. The summed E-state index contributed by atoms with van der Waals surface area (Å²) in [7, 11) is 4.43. The number of ether oxygens (including phenoxy) is 1. The largest absolute Gasteiger partial charge is 0.462 e. The molecule has 3 saturated carbocycles. The second kappa shape index (κ2) is 10.2. The number of esters is 1. The molecule has 34 heavy (non-hydrogen) atoms. The lowest BCUT2D eigenvalue weighted by Crippen LogP contribution is -2.61. The van der Waals surface area contributed by atoms with Crippen LogP contribution in [0.1, 0.15) is 67.9 Å². The third kappa shape index (κ3) is 4.81. The van der Waals surface area contributed by atoms with Crippen LogP contribution in [0.3, 0.4) is 0 Å². The Bertz CT molecular complexity index is 889. The van der Waals surface area contributed by atoms with Crippen LogP contribution >= 0.6 is 0 Å². The molecule has 4 fully saturated rings. The van der Waals surface area contributed by atoms with Gasteiger partial charge in [0, 0.05) is 24.3 Å². The molecule has 0 radical (unpaired) electrons. The third-order valence-corrected chi connectivity index (χ3v) is 8.88. The highest BCUT2D eigenvalue weighted by molar-refractivity contribution is 5.69. The number of fused-ring (bicyclic) bond motifs is 3. The molecule has 3 unspecified atom stereocenters. The summed E-state index contributed by atoms with van der Waals surface area (Å²) < 4.78 is 6.38. The van der Waals surface area contributed by atoms with E-state index in [2.05, 4.69) is 84.6 Å². The molecule has 0 spiro atoms. The molecule has 0 N–H and O–H groups in total. The Morgan fingerprint density at radius 3 is 2.00 bits per heavy atom. The Kier molecular flexibility index (Phi) is 7.08. The van der Waals surface area contributed by atoms with Crippen LogP contribution in [0.25, 0.3) is 0 Å². The van der Waals surface area contributed by atoms with Gasteiger partial charge in [-0.1, -0.05) is 60.7 Å². The molecule has 4 heteroatoms. The molecule has 0 aromatic heterocycles. The zero-order valence-corrected chi connectivity index (χ0v) is 20.9. The Labute approximate surface area is 205 Å². The van der Waals surface area contributed by atoms with Gasteiger partial charge >= 0.3 is 5.97 Å². The topological polar surface area (TPSA) is 32.8 Å². The molecular weight excluding hydrogens is 420 g/mol. The van der Waals surface area contributed by atoms with Crippen molar-refractivity contribution in [1.29, 1.82) is 0 Å². The van der Waals surface area contributed by atoms with Gasteiger partial charge in [-0.3, -0.25) is 4.79 Å². The Morgan fingerprint density at radius 2 is 1.47 bits per heavy atom. The van der Waals surface area contributed by atoms with Crippen molar-refractivity contribution in [2.75, 3.05) is 33.7 Å². The van der Waals surface area contributed by atoms with Crippen molar-refractivity contribution < 1.29 is 9.53 Å². The van der Waals surface area contributed by atoms with Crippen LogP contribution in [0.4, 0.5) is 0 Å². The fourth-order valence-electron chi connectivity index (χ4n) is 7.08. The van der Waals surface area contributed by atoms with Crippen LogP contribution in [0.15, 0.2) is 60.7 Å². The van der Waals surface area contributed by atoms with Crippen molar-refractivity contribution in [2.24, 2.45) is 5.92 Å². The number of carbonyl (C=O) groups is 1. The summed E-state index contributed by atoms with van der Waals surface area (Å²) in [4.78, 5) is 18.0. The van der Waals surface area contributed by atoms with E-state index in [9.17, 15) is 4.79 Å². The molecule has 3 atom stereocenters. The van der Waals surface area contributed by atoms with Gasteiger partial charge in [0.25, 0.3) is 0 Å². The molecule has 2 aromatic rings. The highest BCUT2D eigenvalue weighted by Gasteiger charge is 2.58. The summed E-state index contributed by atoms with van der Waals surface area (Å²) in [6.07, 6.45) is 7.17. The van der Waals surface area contributed by atoms with Crippen LogP contribution in [0.2, 0.25) is 0 Å². The lowest BCUT2D eigenvalue weighted by Gasteiger charge is -2.60. The average molecular weight is 461 g/mol. The first kappa shape index (κ1) is 23.6. The van der Waals surface area contributed by atoms with Gasteiger partial charge < -0.3 is 14.5 Å².